The normalized spacial score (nSPS) is 22.4. The SMILES string of the molecule is CC(NC(=O)C1CCCN1C(=O)C1CCCN1)C(=O)NC(CCCN=C(N)N)C(=O)O. The molecule has 0 saturated carbocycles. The van der Waals surface area contributed by atoms with Crippen molar-refractivity contribution in [3.8, 4) is 0 Å². The number of aliphatic imine (C=N–C) groups is 1. The smallest absolute Gasteiger partial charge is 0.326 e. The maximum atomic E-state index is 12.7. The van der Waals surface area contributed by atoms with E-state index in [0.717, 1.165) is 19.4 Å². The Morgan fingerprint density at radius 1 is 1.19 bits per heavy atom. The first kappa shape index (κ1) is 24.4. The molecule has 0 radical (unpaired) electrons. The van der Waals surface area contributed by atoms with Gasteiger partial charge < -0.3 is 37.4 Å². The fourth-order valence-electron chi connectivity index (χ4n) is 3.83. The highest BCUT2D eigenvalue weighted by Crippen LogP contribution is 2.21. The molecule has 0 aromatic heterocycles. The molecule has 12 heteroatoms. The average molecular weight is 440 g/mol. The topological polar surface area (TPSA) is 192 Å². The van der Waals surface area contributed by atoms with Crippen molar-refractivity contribution in [1.29, 1.82) is 0 Å². The number of hydrogen-bond donors (Lipinski definition) is 6. The van der Waals surface area contributed by atoms with Crippen LogP contribution in [0.1, 0.15) is 45.4 Å². The second kappa shape index (κ2) is 11.5. The summed E-state index contributed by atoms with van der Waals surface area (Å²) in [5.41, 5.74) is 10.4. The zero-order valence-electron chi connectivity index (χ0n) is 17.8. The summed E-state index contributed by atoms with van der Waals surface area (Å²) in [6.45, 7) is 3.02. The van der Waals surface area contributed by atoms with E-state index in [4.69, 9.17) is 11.5 Å². The Morgan fingerprint density at radius 3 is 2.55 bits per heavy atom. The molecule has 0 aromatic rings. The van der Waals surface area contributed by atoms with Crippen LogP contribution in [0.15, 0.2) is 4.99 Å². The first-order chi connectivity index (χ1) is 14.7. The van der Waals surface area contributed by atoms with Crippen molar-refractivity contribution in [3.05, 3.63) is 0 Å². The van der Waals surface area contributed by atoms with Crippen LogP contribution in [0.5, 0.6) is 0 Å². The molecule has 31 heavy (non-hydrogen) atoms. The predicted molar refractivity (Wildman–Crippen MR) is 113 cm³/mol. The van der Waals surface area contributed by atoms with Gasteiger partial charge in [-0.15, -0.1) is 0 Å². The number of rotatable bonds is 10. The lowest BCUT2D eigenvalue weighted by atomic mass is 10.1. The number of amides is 3. The number of likely N-dealkylation sites (tertiary alicyclic amines) is 1. The van der Waals surface area contributed by atoms with Crippen LogP contribution < -0.4 is 27.4 Å². The maximum absolute atomic E-state index is 12.7. The molecular formula is C19H33N7O5. The molecular weight excluding hydrogens is 406 g/mol. The summed E-state index contributed by atoms with van der Waals surface area (Å²) in [6, 6.07) is -2.96. The van der Waals surface area contributed by atoms with Gasteiger partial charge >= 0.3 is 5.97 Å². The molecule has 0 spiro atoms. The third kappa shape index (κ3) is 7.09. The fourth-order valence-corrected chi connectivity index (χ4v) is 3.83. The largest absolute Gasteiger partial charge is 0.480 e. The number of carboxylic acids is 1. The summed E-state index contributed by atoms with van der Waals surface area (Å²) in [4.78, 5) is 54.6. The first-order valence-corrected chi connectivity index (χ1v) is 10.6. The average Bonchev–Trinajstić information content (AvgIpc) is 3.41. The van der Waals surface area contributed by atoms with Crippen LogP contribution in [-0.2, 0) is 19.2 Å². The van der Waals surface area contributed by atoms with Gasteiger partial charge in [-0.25, -0.2) is 4.79 Å². The van der Waals surface area contributed by atoms with Gasteiger partial charge in [-0.2, -0.15) is 0 Å². The Morgan fingerprint density at radius 2 is 1.94 bits per heavy atom. The first-order valence-electron chi connectivity index (χ1n) is 10.6. The molecule has 2 aliphatic heterocycles. The van der Waals surface area contributed by atoms with Crippen LogP contribution in [0.4, 0.5) is 0 Å². The van der Waals surface area contributed by atoms with E-state index < -0.39 is 35.9 Å². The number of carbonyl (C=O) groups excluding carboxylic acids is 3. The van der Waals surface area contributed by atoms with E-state index in [-0.39, 0.29) is 30.9 Å². The van der Waals surface area contributed by atoms with Gasteiger partial charge in [0.05, 0.1) is 6.04 Å². The number of nitrogens with two attached hydrogens (primary N) is 2. The number of nitrogens with one attached hydrogen (secondary N) is 3. The minimum Gasteiger partial charge on any atom is -0.480 e. The molecule has 2 rings (SSSR count). The van der Waals surface area contributed by atoms with Crippen LogP contribution in [-0.4, -0.2) is 83.5 Å². The van der Waals surface area contributed by atoms with E-state index in [0.29, 0.717) is 25.8 Å². The molecule has 2 aliphatic rings. The summed E-state index contributed by atoms with van der Waals surface area (Å²) in [5.74, 6) is -2.38. The molecule has 8 N–H and O–H groups in total. The van der Waals surface area contributed by atoms with Crippen molar-refractivity contribution in [3.63, 3.8) is 0 Å². The fraction of sp³-hybridized carbons (Fsp3) is 0.737. The molecule has 0 aliphatic carbocycles. The van der Waals surface area contributed by atoms with E-state index in [2.05, 4.69) is 20.9 Å². The summed E-state index contributed by atoms with van der Waals surface area (Å²) < 4.78 is 0. The molecule has 2 fully saturated rings. The van der Waals surface area contributed by atoms with Crippen molar-refractivity contribution in [1.82, 2.24) is 20.9 Å². The molecule has 0 bridgehead atoms. The second-order valence-corrected chi connectivity index (χ2v) is 7.92. The Bertz CT molecular complexity index is 704. The third-order valence-corrected chi connectivity index (χ3v) is 5.51. The maximum Gasteiger partial charge on any atom is 0.326 e. The zero-order chi connectivity index (χ0) is 23.0. The van der Waals surface area contributed by atoms with Crippen LogP contribution in [0, 0.1) is 0 Å². The highest BCUT2D eigenvalue weighted by Gasteiger charge is 2.38. The van der Waals surface area contributed by atoms with E-state index >= 15 is 0 Å². The standard InChI is InChI=1S/C19H33N7O5/c1-11(15(27)25-13(18(30)31)6-3-9-23-19(20)21)24-16(28)14-7-4-10-26(14)17(29)12-5-2-8-22-12/h11-14,22H,2-10H2,1H3,(H,24,28)(H,25,27)(H,30,31)(H4,20,21,23). The highest BCUT2D eigenvalue weighted by atomic mass is 16.4. The minimum absolute atomic E-state index is 0.0843. The second-order valence-electron chi connectivity index (χ2n) is 7.92. The monoisotopic (exact) mass is 439 g/mol. The van der Waals surface area contributed by atoms with Crippen molar-refractivity contribution >= 4 is 29.7 Å². The van der Waals surface area contributed by atoms with Gasteiger partial charge in [0.25, 0.3) is 0 Å². The molecule has 174 valence electrons. The highest BCUT2D eigenvalue weighted by molar-refractivity contribution is 5.94. The van der Waals surface area contributed by atoms with Crippen LogP contribution >= 0.6 is 0 Å². The van der Waals surface area contributed by atoms with Gasteiger partial charge in [0.15, 0.2) is 5.96 Å². The lowest BCUT2D eigenvalue weighted by Crippen LogP contribution is -2.55. The molecule has 0 aromatic carbocycles. The molecule has 4 atom stereocenters. The summed E-state index contributed by atoms with van der Waals surface area (Å²) >= 11 is 0. The lowest BCUT2D eigenvalue weighted by Gasteiger charge is -2.28. The molecule has 3 amide bonds. The Kier molecular flexibility index (Phi) is 9.03. The van der Waals surface area contributed by atoms with Gasteiger partial charge in [-0.1, -0.05) is 0 Å². The number of carboxylic acid groups (broad SMARTS) is 1. The summed E-state index contributed by atoms with van der Waals surface area (Å²) in [5, 5.41) is 17.5. The number of guanidine groups is 1. The number of nitrogens with zero attached hydrogens (tertiary/aromatic N) is 2. The number of aliphatic carboxylic acids is 1. The molecule has 4 unspecified atom stereocenters. The predicted octanol–water partition coefficient (Wildman–Crippen LogP) is -2.14. The van der Waals surface area contributed by atoms with E-state index in [1.54, 1.807) is 4.90 Å². The van der Waals surface area contributed by atoms with Gasteiger partial charge in [-0.3, -0.25) is 19.4 Å². The van der Waals surface area contributed by atoms with Crippen molar-refractivity contribution in [2.45, 2.75) is 69.6 Å². The minimum atomic E-state index is -1.19. The number of hydrogen-bond acceptors (Lipinski definition) is 6. The molecule has 12 nitrogen and oxygen atoms in total. The Balaban J connectivity index is 1.86. The third-order valence-electron chi connectivity index (χ3n) is 5.51. The van der Waals surface area contributed by atoms with E-state index in [9.17, 15) is 24.3 Å². The number of carbonyl (C=O) groups is 4. The van der Waals surface area contributed by atoms with Crippen molar-refractivity contribution in [2.24, 2.45) is 16.5 Å². The lowest BCUT2D eigenvalue weighted by molar-refractivity contribution is -0.143. The van der Waals surface area contributed by atoms with Crippen LogP contribution in [0.25, 0.3) is 0 Å². The summed E-state index contributed by atoms with van der Waals surface area (Å²) in [6.07, 6.45) is 3.43. The van der Waals surface area contributed by atoms with Gasteiger partial charge in [0.1, 0.15) is 18.1 Å². The Hall–Kier alpha value is -2.89. The molecule has 2 heterocycles. The van der Waals surface area contributed by atoms with E-state index in [1.807, 2.05) is 0 Å². The van der Waals surface area contributed by atoms with Gasteiger partial charge in [-0.05, 0) is 52.0 Å². The van der Waals surface area contributed by atoms with E-state index in [1.165, 1.54) is 6.92 Å². The molecule has 2 saturated heterocycles. The quantitative estimate of drug-likeness (QED) is 0.126. The van der Waals surface area contributed by atoms with Crippen molar-refractivity contribution < 1.29 is 24.3 Å². The summed E-state index contributed by atoms with van der Waals surface area (Å²) in [7, 11) is 0. The van der Waals surface area contributed by atoms with Crippen LogP contribution in [0.2, 0.25) is 0 Å². The Labute approximate surface area is 181 Å². The van der Waals surface area contributed by atoms with Gasteiger partial charge in [0, 0.05) is 13.1 Å². The van der Waals surface area contributed by atoms with Gasteiger partial charge in [0.2, 0.25) is 17.7 Å². The van der Waals surface area contributed by atoms with Crippen molar-refractivity contribution in [2.75, 3.05) is 19.6 Å². The zero-order valence-corrected chi connectivity index (χ0v) is 17.8. The van der Waals surface area contributed by atoms with Crippen LogP contribution in [0.3, 0.4) is 0 Å².